The molecule has 0 aliphatic heterocycles. The van der Waals surface area contributed by atoms with Gasteiger partial charge in [0.25, 0.3) is 0 Å². The Morgan fingerprint density at radius 3 is 2.82 bits per heavy atom. The normalized spacial score (nSPS) is 9.18. The van der Waals surface area contributed by atoms with Crippen molar-refractivity contribution in [2.24, 2.45) is 0 Å². The van der Waals surface area contributed by atoms with Gasteiger partial charge in [-0.25, -0.2) is 4.98 Å². The van der Waals surface area contributed by atoms with Crippen LogP contribution in [0.15, 0.2) is 12.1 Å². The summed E-state index contributed by atoms with van der Waals surface area (Å²) < 4.78 is 0. The first-order valence-corrected chi connectivity index (χ1v) is 4.39. The van der Waals surface area contributed by atoms with E-state index in [2.05, 4.69) is 20.9 Å². The molecule has 4 heteroatoms. The number of rotatable bonds is 1. The third-order valence-electron chi connectivity index (χ3n) is 1.18. The van der Waals surface area contributed by atoms with Gasteiger partial charge in [-0.2, -0.15) is 5.26 Å². The highest BCUT2D eigenvalue weighted by Crippen LogP contribution is 2.15. The maximum absolute atomic E-state index is 8.44. The monoisotopic (exact) mass is 230 g/mol. The lowest BCUT2D eigenvalue weighted by Gasteiger charge is -1.96. The van der Waals surface area contributed by atoms with Crippen LogP contribution >= 0.6 is 27.5 Å². The largest absolute Gasteiger partial charge is 0.225 e. The number of nitriles is 1. The van der Waals surface area contributed by atoms with Gasteiger partial charge in [0.1, 0.15) is 16.9 Å². The van der Waals surface area contributed by atoms with Crippen LogP contribution in [0.3, 0.4) is 0 Å². The van der Waals surface area contributed by atoms with Gasteiger partial charge in [0.2, 0.25) is 0 Å². The molecular weight excluding hydrogens is 227 g/mol. The molecule has 11 heavy (non-hydrogen) atoms. The van der Waals surface area contributed by atoms with Gasteiger partial charge in [-0.3, -0.25) is 0 Å². The number of hydrogen-bond acceptors (Lipinski definition) is 2. The minimum atomic E-state index is 0.347. The summed E-state index contributed by atoms with van der Waals surface area (Å²) >= 11 is 8.96. The predicted molar refractivity (Wildman–Crippen MR) is 46.6 cm³/mol. The maximum Gasteiger partial charge on any atom is 0.142 e. The Hall–Kier alpha value is -0.590. The number of nitrogens with zero attached hydrogens (tertiary/aromatic N) is 2. The first-order valence-electron chi connectivity index (χ1n) is 2.89. The van der Waals surface area contributed by atoms with Crippen LogP contribution < -0.4 is 0 Å². The summed E-state index contributed by atoms with van der Waals surface area (Å²) in [5, 5.41) is 9.49. The van der Waals surface area contributed by atoms with Crippen LogP contribution in [0.25, 0.3) is 0 Å². The average Bonchev–Trinajstić information content (AvgIpc) is 2.04. The van der Waals surface area contributed by atoms with Gasteiger partial charge in [-0.15, -0.1) is 0 Å². The molecule has 0 saturated heterocycles. The molecule has 0 bridgehead atoms. The summed E-state index contributed by atoms with van der Waals surface area (Å²) in [5.41, 5.74) is 1.24. The minimum Gasteiger partial charge on any atom is -0.225 e. The molecular formula is C7H4BrClN2. The average molecular weight is 231 g/mol. The number of pyridine rings is 1. The number of alkyl halides is 1. The summed E-state index contributed by atoms with van der Waals surface area (Å²) in [5.74, 6) is 0. The third kappa shape index (κ3) is 1.92. The van der Waals surface area contributed by atoms with Crippen LogP contribution in [0.2, 0.25) is 5.15 Å². The van der Waals surface area contributed by atoms with E-state index in [0.29, 0.717) is 16.2 Å². The van der Waals surface area contributed by atoms with Crippen molar-refractivity contribution in [3.63, 3.8) is 0 Å². The molecule has 1 rings (SSSR count). The van der Waals surface area contributed by atoms with Gasteiger partial charge in [0, 0.05) is 10.9 Å². The highest BCUT2D eigenvalue weighted by molar-refractivity contribution is 9.08. The Balaban J connectivity index is 3.12. The van der Waals surface area contributed by atoms with Gasteiger partial charge < -0.3 is 0 Å². The molecule has 56 valence electrons. The molecule has 0 aromatic carbocycles. The Kier molecular flexibility index (Phi) is 2.86. The number of aromatic nitrogens is 1. The van der Waals surface area contributed by atoms with E-state index in [-0.39, 0.29) is 0 Å². The second-order valence-corrected chi connectivity index (χ2v) is 2.81. The third-order valence-corrected chi connectivity index (χ3v) is 2.12. The van der Waals surface area contributed by atoms with Crippen LogP contribution in [0.5, 0.6) is 0 Å². The minimum absolute atomic E-state index is 0.347. The molecule has 0 fully saturated rings. The predicted octanol–water partition coefficient (Wildman–Crippen LogP) is 2.50. The van der Waals surface area contributed by atoms with Crippen molar-refractivity contribution in [3.8, 4) is 6.07 Å². The zero-order chi connectivity index (χ0) is 8.27. The topological polar surface area (TPSA) is 36.7 Å². The van der Waals surface area contributed by atoms with Crippen molar-refractivity contribution >= 4 is 27.5 Å². The molecule has 1 aromatic heterocycles. The summed E-state index contributed by atoms with van der Waals surface area (Å²) in [4.78, 5) is 3.84. The van der Waals surface area contributed by atoms with Gasteiger partial charge >= 0.3 is 0 Å². The van der Waals surface area contributed by atoms with E-state index in [9.17, 15) is 0 Å². The van der Waals surface area contributed by atoms with Crippen molar-refractivity contribution in [2.75, 3.05) is 0 Å². The lowest BCUT2D eigenvalue weighted by Crippen LogP contribution is -1.87. The van der Waals surface area contributed by atoms with E-state index in [1.807, 2.05) is 6.07 Å². The van der Waals surface area contributed by atoms with Gasteiger partial charge in [-0.1, -0.05) is 33.6 Å². The van der Waals surface area contributed by atoms with Crippen molar-refractivity contribution in [2.45, 2.75) is 5.33 Å². The van der Waals surface area contributed by atoms with Crippen LogP contribution in [0.1, 0.15) is 11.3 Å². The molecule has 0 amide bonds. The Morgan fingerprint density at radius 2 is 2.36 bits per heavy atom. The summed E-state index contributed by atoms with van der Waals surface area (Å²) in [7, 11) is 0. The fourth-order valence-corrected chi connectivity index (χ4v) is 1.46. The van der Waals surface area contributed by atoms with Crippen molar-refractivity contribution < 1.29 is 0 Å². The second kappa shape index (κ2) is 3.70. The molecule has 2 nitrogen and oxygen atoms in total. The standard InChI is InChI=1S/C7H4BrClN2/c8-3-5-1-2-6(4-10)11-7(5)9/h1-2H,3H2. The molecule has 0 radical (unpaired) electrons. The number of hydrogen-bond donors (Lipinski definition) is 0. The molecule has 0 atom stereocenters. The van der Waals surface area contributed by atoms with Gasteiger partial charge in [0.05, 0.1) is 0 Å². The van der Waals surface area contributed by atoms with Crippen LogP contribution in [0, 0.1) is 11.3 Å². The van der Waals surface area contributed by atoms with E-state index in [0.717, 1.165) is 5.56 Å². The fraction of sp³-hybridized carbons (Fsp3) is 0.143. The molecule has 0 aliphatic rings. The van der Waals surface area contributed by atoms with Crippen LogP contribution in [-0.4, -0.2) is 4.98 Å². The van der Waals surface area contributed by atoms with E-state index >= 15 is 0 Å². The summed E-state index contributed by atoms with van der Waals surface area (Å²) in [6.45, 7) is 0. The quantitative estimate of drug-likeness (QED) is 0.550. The van der Waals surface area contributed by atoms with E-state index in [1.165, 1.54) is 0 Å². The highest BCUT2D eigenvalue weighted by Gasteiger charge is 2.00. The first kappa shape index (κ1) is 8.51. The van der Waals surface area contributed by atoms with E-state index < -0.39 is 0 Å². The second-order valence-electron chi connectivity index (χ2n) is 1.89. The Labute approximate surface area is 77.9 Å². The van der Waals surface area contributed by atoms with E-state index in [1.54, 1.807) is 12.1 Å². The van der Waals surface area contributed by atoms with Crippen LogP contribution in [-0.2, 0) is 5.33 Å². The molecule has 0 aliphatic carbocycles. The molecule has 0 unspecified atom stereocenters. The SMILES string of the molecule is N#Cc1ccc(CBr)c(Cl)n1. The lowest BCUT2D eigenvalue weighted by atomic mass is 10.3. The summed E-state index contributed by atoms with van der Waals surface area (Å²) in [6.07, 6.45) is 0. The molecule has 0 saturated carbocycles. The van der Waals surface area contributed by atoms with Crippen LogP contribution in [0.4, 0.5) is 0 Å². The van der Waals surface area contributed by atoms with E-state index in [4.69, 9.17) is 16.9 Å². The first-order chi connectivity index (χ1) is 5.27. The molecule has 0 N–H and O–H groups in total. The zero-order valence-electron chi connectivity index (χ0n) is 5.51. The van der Waals surface area contributed by atoms with Crippen molar-refractivity contribution in [1.29, 1.82) is 5.26 Å². The molecule has 0 spiro atoms. The lowest BCUT2D eigenvalue weighted by molar-refractivity contribution is 1.22. The fourth-order valence-electron chi connectivity index (χ4n) is 0.625. The van der Waals surface area contributed by atoms with Crippen molar-refractivity contribution in [1.82, 2.24) is 4.98 Å². The maximum atomic E-state index is 8.44. The Bertz CT molecular complexity index is 306. The summed E-state index contributed by atoms with van der Waals surface area (Å²) in [6, 6.07) is 5.33. The smallest absolute Gasteiger partial charge is 0.142 e. The van der Waals surface area contributed by atoms with Gasteiger partial charge in [0.15, 0.2) is 0 Å². The molecule has 1 aromatic rings. The Morgan fingerprint density at radius 1 is 1.64 bits per heavy atom. The zero-order valence-corrected chi connectivity index (χ0v) is 7.85. The van der Waals surface area contributed by atoms with Crippen molar-refractivity contribution in [3.05, 3.63) is 28.5 Å². The number of halogens is 2. The highest BCUT2D eigenvalue weighted by atomic mass is 79.9. The van der Waals surface area contributed by atoms with Gasteiger partial charge in [-0.05, 0) is 6.07 Å². The molecule has 1 heterocycles.